The minimum absolute atomic E-state index is 0.0313. The van der Waals surface area contributed by atoms with Crippen molar-refractivity contribution in [2.24, 2.45) is 0 Å². The highest BCUT2D eigenvalue weighted by Crippen LogP contribution is 2.37. The van der Waals surface area contributed by atoms with E-state index in [1.807, 2.05) is 0 Å². The number of halogens is 3. The topological polar surface area (TPSA) is 86.9 Å². The number of hydrogen-bond donors (Lipinski definition) is 2. The third-order valence-electron chi connectivity index (χ3n) is 3.73. The van der Waals surface area contributed by atoms with Gasteiger partial charge in [0.25, 0.3) is 5.03 Å². The van der Waals surface area contributed by atoms with E-state index in [0.29, 0.717) is 11.1 Å². The van der Waals surface area contributed by atoms with Crippen LogP contribution in [0, 0.1) is 6.92 Å². The number of rotatable bonds is 4. The van der Waals surface area contributed by atoms with E-state index in [-0.39, 0.29) is 22.4 Å². The molecule has 27 heavy (non-hydrogen) atoms. The molecule has 0 spiro atoms. The summed E-state index contributed by atoms with van der Waals surface area (Å²) in [5.74, 6) is 0.215. The van der Waals surface area contributed by atoms with Gasteiger partial charge in [0, 0.05) is 11.6 Å². The molecule has 0 saturated carbocycles. The maximum absolute atomic E-state index is 13.4. The van der Waals surface area contributed by atoms with Gasteiger partial charge in [-0.15, -0.1) is 0 Å². The summed E-state index contributed by atoms with van der Waals surface area (Å²) in [5.41, 5.74) is 5.45. The second kappa shape index (κ2) is 7.45. The van der Waals surface area contributed by atoms with E-state index in [4.69, 9.17) is 5.73 Å². The van der Waals surface area contributed by atoms with Gasteiger partial charge in [-0.3, -0.25) is 0 Å². The summed E-state index contributed by atoms with van der Waals surface area (Å²) in [6.45, 7) is 1.70. The SMILES string of the molecule is Cc1ccccc1-c1nc(N[S+]([O-])c2cccc(N)n2)ccc1C(F)(F)F. The fourth-order valence-electron chi connectivity index (χ4n) is 2.47. The lowest BCUT2D eigenvalue weighted by molar-refractivity contribution is -0.137. The van der Waals surface area contributed by atoms with Crippen molar-refractivity contribution >= 4 is 23.0 Å². The molecule has 0 aliphatic carbocycles. The molecule has 0 aliphatic rings. The third kappa shape index (κ3) is 4.32. The Morgan fingerprint density at radius 1 is 1.00 bits per heavy atom. The van der Waals surface area contributed by atoms with E-state index in [1.54, 1.807) is 37.3 Å². The largest absolute Gasteiger partial charge is 0.587 e. The van der Waals surface area contributed by atoms with Gasteiger partial charge in [-0.25, -0.2) is 4.98 Å². The van der Waals surface area contributed by atoms with Crippen LogP contribution in [0.3, 0.4) is 0 Å². The lowest BCUT2D eigenvalue weighted by atomic mass is 10.0. The molecule has 1 unspecified atom stereocenters. The average Bonchev–Trinajstić information content (AvgIpc) is 2.61. The summed E-state index contributed by atoms with van der Waals surface area (Å²) in [5, 5.41) is 0.147. The highest BCUT2D eigenvalue weighted by atomic mass is 32.2. The molecule has 3 rings (SSSR count). The van der Waals surface area contributed by atoms with Crippen LogP contribution in [0.5, 0.6) is 0 Å². The Morgan fingerprint density at radius 3 is 2.41 bits per heavy atom. The molecule has 0 saturated heterocycles. The molecule has 0 radical (unpaired) electrons. The van der Waals surface area contributed by atoms with E-state index >= 15 is 0 Å². The summed E-state index contributed by atoms with van der Waals surface area (Å²) in [6, 6.07) is 13.3. The van der Waals surface area contributed by atoms with Crippen molar-refractivity contribution in [1.82, 2.24) is 9.97 Å². The quantitative estimate of drug-likeness (QED) is 0.650. The van der Waals surface area contributed by atoms with Gasteiger partial charge in [-0.2, -0.15) is 22.9 Å². The van der Waals surface area contributed by atoms with Crippen LogP contribution in [-0.4, -0.2) is 14.5 Å². The molecular formula is C18H15F3N4OS. The first-order chi connectivity index (χ1) is 12.8. The normalized spacial score (nSPS) is 12.6. The van der Waals surface area contributed by atoms with Crippen molar-refractivity contribution in [3.63, 3.8) is 0 Å². The maximum atomic E-state index is 13.4. The number of alkyl halides is 3. The van der Waals surface area contributed by atoms with E-state index in [1.165, 1.54) is 12.1 Å². The summed E-state index contributed by atoms with van der Waals surface area (Å²) in [6.07, 6.45) is -4.57. The average molecular weight is 392 g/mol. The van der Waals surface area contributed by atoms with Crippen molar-refractivity contribution in [3.8, 4) is 11.3 Å². The monoisotopic (exact) mass is 392 g/mol. The number of benzene rings is 1. The molecule has 2 aromatic heterocycles. The first kappa shape index (κ1) is 19.0. The van der Waals surface area contributed by atoms with Crippen molar-refractivity contribution < 1.29 is 17.7 Å². The smallest absolute Gasteiger partial charge is 0.418 e. The van der Waals surface area contributed by atoms with Gasteiger partial charge in [-0.1, -0.05) is 30.3 Å². The maximum Gasteiger partial charge on any atom is 0.418 e. The highest BCUT2D eigenvalue weighted by Gasteiger charge is 2.35. The molecular weight excluding hydrogens is 377 g/mol. The second-order valence-corrected chi connectivity index (χ2v) is 6.84. The van der Waals surface area contributed by atoms with Crippen molar-refractivity contribution in [3.05, 3.63) is 65.7 Å². The van der Waals surface area contributed by atoms with Gasteiger partial charge in [0.1, 0.15) is 17.2 Å². The lowest BCUT2D eigenvalue weighted by Gasteiger charge is -2.16. The van der Waals surface area contributed by atoms with Crippen molar-refractivity contribution in [2.75, 3.05) is 10.5 Å². The summed E-state index contributed by atoms with van der Waals surface area (Å²) >= 11 is -1.83. The molecule has 140 valence electrons. The van der Waals surface area contributed by atoms with Crippen molar-refractivity contribution in [1.29, 1.82) is 0 Å². The Hall–Kier alpha value is -2.78. The minimum atomic E-state index is -4.57. The molecule has 9 heteroatoms. The van der Waals surface area contributed by atoms with Gasteiger partial charge in [-0.05, 0) is 30.7 Å². The molecule has 3 aromatic rings. The second-order valence-electron chi connectivity index (χ2n) is 5.68. The molecule has 2 heterocycles. The number of pyridine rings is 2. The van der Waals surface area contributed by atoms with E-state index < -0.39 is 23.1 Å². The third-order valence-corrected chi connectivity index (χ3v) is 4.73. The number of aromatic nitrogens is 2. The molecule has 3 N–H and O–H groups in total. The molecule has 0 aliphatic heterocycles. The Labute approximate surface area is 156 Å². The van der Waals surface area contributed by atoms with Gasteiger partial charge in [0.05, 0.1) is 11.3 Å². The van der Waals surface area contributed by atoms with Gasteiger partial charge >= 0.3 is 6.18 Å². The fraction of sp³-hybridized carbons (Fsp3) is 0.111. The molecule has 0 amide bonds. The van der Waals surface area contributed by atoms with Gasteiger partial charge in [0.15, 0.2) is 5.82 Å². The minimum Gasteiger partial charge on any atom is -0.587 e. The van der Waals surface area contributed by atoms with Crippen molar-refractivity contribution in [2.45, 2.75) is 18.1 Å². The number of hydrogen-bond acceptors (Lipinski definition) is 5. The predicted octanol–water partition coefficient (Wildman–Crippen LogP) is 4.19. The van der Waals surface area contributed by atoms with Crippen LogP contribution in [0.1, 0.15) is 11.1 Å². The zero-order chi connectivity index (χ0) is 19.6. The molecule has 0 fully saturated rings. The summed E-state index contributed by atoms with van der Waals surface area (Å²) < 4.78 is 55.2. The van der Waals surface area contributed by atoms with Crippen LogP contribution in [0.25, 0.3) is 11.3 Å². The Bertz CT molecular complexity index is 965. The van der Waals surface area contributed by atoms with Gasteiger partial charge in [0.2, 0.25) is 0 Å². The zero-order valence-electron chi connectivity index (χ0n) is 14.1. The molecule has 1 aromatic carbocycles. The van der Waals surface area contributed by atoms with Crippen LogP contribution in [0.4, 0.5) is 24.8 Å². The number of nitrogens with two attached hydrogens (primary N) is 1. The van der Waals surface area contributed by atoms with Crippen LogP contribution in [0.15, 0.2) is 59.6 Å². The predicted molar refractivity (Wildman–Crippen MR) is 98.1 cm³/mol. The van der Waals surface area contributed by atoms with E-state index in [9.17, 15) is 17.7 Å². The van der Waals surface area contributed by atoms with Crippen LogP contribution >= 0.6 is 0 Å². The summed E-state index contributed by atoms with van der Waals surface area (Å²) in [4.78, 5) is 8.00. The first-order valence-electron chi connectivity index (χ1n) is 7.81. The number of nitrogens with one attached hydrogen (secondary N) is 1. The van der Waals surface area contributed by atoms with Crippen LogP contribution in [-0.2, 0) is 17.5 Å². The van der Waals surface area contributed by atoms with E-state index in [2.05, 4.69) is 14.7 Å². The number of aryl methyl sites for hydroxylation is 1. The fourth-order valence-corrected chi connectivity index (χ4v) is 3.27. The Kier molecular flexibility index (Phi) is 5.24. The molecule has 1 atom stereocenters. The van der Waals surface area contributed by atoms with Crippen LogP contribution in [0.2, 0.25) is 0 Å². The van der Waals surface area contributed by atoms with E-state index in [0.717, 1.165) is 12.1 Å². The first-order valence-corrected chi connectivity index (χ1v) is 8.96. The number of nitrogen functional groups attached to an aromatic ring is 1. The zero-order valence-corrected chi connectivity index (χ0v) is 14.9. The standard InChI is InChI=1S/C18H15F3N4OS/c1-11-5-2-3-6-12(11)17-13(18(19,20)21)9-10-15(24-17)25-27(26)16-8-4-7-14(22)23-16/h2-10H,1H3,(H2,22,23)(H,24,25). The summed E-state index contributed by atoms with van der Waals surface area (Å²) in [7, 11) is 0. The molecule has 0 bridgehead atoms. The number of anilines is 2. The Balaban J connectivity index is 2.01. The van der Waals surface area contributed by atoms with Gasteiger partial charge < -0.3 is 10.3 Å². The highest BCUT2D eigenvalue weighted by molar-refractivity contribution is 7.92. The Morgan fingerprint density at radius 2 is 1.74 bits per heavy atom. The molecule has 5 nitrogen and oxygen atoms in total. The number of nitrogens with zero attached hydrogens (tertiary/aromatic N) is 2. The lowest BCUT2D eigenvalue weighted by Crippen LogP contribution is -2.17. The van der Waals surface area contributed by atoms with Crippen LogP contribution < -0.4 is 10.5 Å².